The van der Waals surface area contributed by atoms with Crippen LogP contribution in [0.25, 0.3) is 0 Å². The van der Waals surface area contributed by atoms with Crippen molar-refractivity contribution in [3.8, 4) is 0 Å². The number of hydrogen-bond acceptors (Lipinski definition) is 3. The lowest BCUT2D eigenvalue weighted by molar-refractivity contribution is 0.0900. The molecule has 1 saturated carbocycles. The molecule has 4 N–H and O–H groups in total. The van der Waals surface area contributed by atoms with Crippen LogP contribution in [0.3, 0.4) is 0 Å². The van der Waals surface area contributed by atoms with Crippen LogP contribution in [-0.2, 0) is 6.42 Å². The van der Waals surface area contributed by atoms with Gasteiger partial charge in [0.05, 0.1) is 11.4 Å². The lowest BCUT2D eigenvalue weighted by atomic mass is 9.83. The average molecular weight is 264 g/mol. The third kappa shape index (κ3) is 2.91. The van der Waals surface area contributed by atoms with E-state index in [1.807, 2.05) is 6.92 Å². The first-order valence-corrected chi connectivity index (χ1v) is 7.30. The van der Waals surface area contributed by atoms with E-state index in [-0.39, 0.29) is 11.9 Å². The molecule has 0 saturated heterocycles. The number of nitrogen functional groups attached to an aromatic ring is 1. The fourth-order valence-electron chi connectivity index (χ4n) is 2.95. The van der Waals surface area contributed by atoms with Crippen molar-refractivity contribution in [3.05, 3.63) is 11.4 Å². The molecule has 0 radical (unpaired) electrons. The second-order valence-electron chi connectivity index (χ2n) is 5.35. The van der Waals surface area contributed by atoms with Gasteiger partial charge in [0.2, 0.25) is 0 Å². The first-order valence-electron chi connectivity index (χ1n) is 7.30. The van der Waals surface area contributed by atoms with Crippen LogP contribution in [-0.4, -0.2) is 22.1 Å². The van der Waals surface area contributed by atoms with Crippen molar-refractivity contribution in [2.75, 3.05) is 5.73 Å². The van der Waals surface area contributed by atoms with Crippen molar-refractivity contribution in [2.45, 2.75) is 58.4 Å². The molecule has 1 amide bonds. The number of carbonyl (C=O) groups is 1. The molecular formula is C14H24N4O. The van der Waals surface area contributed by atoms with Crippen molar-refractivity contribution < 1.29 is 4.79 Å². The van der Waals surface area contributed by atoms with E-state index in [0.29, 0.717) is 17.3 Å². The van der Waals surface area contributed by atoms with E-state index >= 15 is 0 Å². The number of nitrogens with two attached hydrogens (primary N) is 1. The van der Waals surface area contributed by atoms with Gasteiger partial charge in [-0.15, -0.1) is 0 Å². The monoisotopic (exact) mass is 264 g/mol. The molecule has 1 aliphatic rings. The number of aryl methyl sites for hydroxylation is 1. The lowest BCUT2D eigenvalue weighted by Crippen LogP contribution is -2.42. The molecule has 5 nitrogen and oxygen atoms in total. The number of anilines is 1. The third-order valence-corrected chi connectivity index (χ3v) is 4.20. The Morgan fingerprint density at radius 2 is 2.16 bits per heavy atom. The Labute approximate surface area is 114 Å². The van der Waals surface area contributed by atoms with Crippen LogP contribution in [0.15, 0.2) is 0 Å². The minimum atomic E-state index is -0.140. The first-order chi connectivity index (χ1) is 9.17. The summed E-state index contributed by atoms with van der Waals surface area (Å²) >= 11 is 0. The summed E-state index contributed by atoms with van der Waals surface area (Å²) in [5.41, 5.74) is 7.60. The molecule has 0 aromatic carbocycles. The molecule has 106 valence electrons. The highest BCUT2D eigenvalue weighted by Crippen LogP contribution is 2.27. The van der Waals surface area contributed by atoms with E-state index in [9.17, 15) is 4.79 Å². The van der Waals surface area contributed by atoms with Crippen LogP contribution in [0.1, 0.15) is 62.1 Å². The van der Waals surface area contributed by atoms with Gasteiger partial charge in [0.1, 0.15) is 0 Å². The Kier molecular flexibility index (Phi) is 4.45. The largest absolute Gasteiger partial charge is 0.395 e. The number of rotatable bonds is 4. The first kappa shape index (κ1) is 13.9. The zero-order valence-corrected chi connectivity index (χ0v) is 11.8. The SMILES string of the molecule is CCc1[nH]nc(C(=O)NC2CCCCC2CC)c1N. The van der Waals surface area contributed by atoms with Crippen LogP contribution in [0.2, 0.25) is 0 Å². The molecule has 0 aliphatic heterocycles. The maximum absolute atomic E-state index is 12.3. The van der Waals surface area contributed by atoms with Gasteiger partial charge >= 0.3 is 0 Å². The number of amides is 1. The Morgan fingerprint density at radius 1 is 1.42 bits per heavy atom. The van der Waals surface area contributed by atoms with Crippen LogP contribution < -0.4 is 11.1 Å². The molecule has 2 rings (SSSR count). The number of carbonyl (C=O) groups excluding carboxylic acids is 1. The van der Waals surface area contributed by atoms with Gasteiger partial charge in [-0.2, -0.15) is 5.10 Å². The number of aromatic nitrogens is 2. The molecule has 1 fully saturated rings. The number of nitrogens with zero attached hydrogens (tertiary/aromatic N) is 1. The van der Waals surface area contributed by atoms with Crippen LogP contribution in [0.5, 0.6) is 0 Å². The van der Waals surface area contributed by atoms with E-state index in [0.717, 1.165) is 25.0 Å². The quantitative estimate of drug-likeness (QED) is 0.780. The zero-order valence-electron chi connectivity index (χ0n) is 11.8. The van der Waals surface area contributed by atoms with E-state index < -0.39 is 0 Å². The Morgan fingerprint density at radius 3 is 2.79 bits per heavy atom. The summed E-state index contributed by atoms with van der Waals surface area (Å²) in [6, 6.07) is 0.271. The van der Waals surface area contributed by atoms with Gasteiger partial charge in [-0.25, -0.2) is 0 Å². The van der Waals surface area contributed by atoms with Crippen molar-refractivity contribution in [3.63, 3.8) is 0 Å². The van der Waals surface area contributed by atoms with Gasteiger partial charge in [0, 0.05) is 6.04 Å². The van der Waals surface area contributed by atoms with Gasteiger partial charge < -0.3 is 11.1 Å². The average Bonchev–Trinajstić information content (AvgIpc) is 2.80. The van der Waals surface area contributed by atoms with Crippen LogP contribution in [0.4, 0.5) is 5.69 Å². The molecule has 1 aromatic rings. The maximum Gasteiger partial charge on any atom is 0.274 e. The minimum Gasteiger partial charge on any atom is -0.395 e. The standard InChI is InChI=1S/C14H24N4O/c1-3-9-7-5-6-8-11(9)16-14(19)13-12(15)10(4-2)17-18-13/h9,11H,3-8,15H2,1-2H3,(H,16,19)(H,17,18). The van der Waals surface area contributed by atoms with Crippen molar-refractivity contribution in [1.29, 1.82) is 0 Å². The highest BCUT2D eigenvalue weighted by molar-refractivity contribution is 5.97. The van der Waals surface area contributed by atoms with E-state index in [2.05, 4.69) is 22.4 Å². The van der Waals surface area contributed by atoms with E-state index in [1.165, 1.54) is 19.3 Å². The Hall–Kier alpha value is -1.52. The smallest absolute Gasteiger partial charge is 0.274 e. The van der Waals surface area contributed by atoms with Gasteiger partial charge in [0.15, 0.2) is 5.69 Å². The summed E-state index contributed by atoms with van der Waals surface area (Å²) in [4.78, 5) is 12.3. The second kappa shape index (κ2) is 6.08. The third-order valence-electron chi connectivity index (χ3n) is 4.20. The number of H-pyrrole nitrogens is 1. The maximum atomic E-state index is 12.3. The summed E-state index contributed by atoms with van der Waals surface area (Å²) < 4.78 is 0. The van der Waals surface area contributed by atoms with Gasteiger partial charge in [-0.1, -0.05) is 33.1 Å². The van der Waals surface area contributed by atoms with Gasteiger partial charge in [-0.3, -0.25) is 9.89 Å². The Balaban J connectivity index is 2.05. The summed E-state index contributed by atoms with van der Waals surface area (Å²) in [5, 5.41) is 9.99. The molecule has 1 aliphatic carbocycles. The summed E-state index contributed by atoms with van der Waals surface area (Å²) in [6.45, 7) is 4.17. The molecule has 1 heterocycles. The molecule has 1 aromatic heterocycles. The molecule has 0 bridgehead atoms. The topological polar surface area (TPSA) is 83.8 Å². The predicted molar refractivity (Wildman–Crippen MR) is 75.9 cm³/mol. The van der Waals surface area contributed by atoms with Gasteiger partial charge in [0.25, 0.3) is 5.91 Å². The Bertz CT molecular complexity index is 441. The lowest BCUT2D eigenvalue weighted by Gasteiger charge is -2.31. The summed E-state index contributed by atoms with van der Waals surface area (Å²) in [5.74, 6) is 0.447. The molecule has 2 unspecified atom stereocenters. The number of hydrogen-bond donors (Lipinski definition) is 3. The van der Waals surface area contributed by atoms with Gasteiger partial charge in [-0.05, 0) is 25.2 Å². The fraction of sp³-hybridized carbons (Fsp3) is 0.714. The number of aromatic amines is 1. The highest BCUT2D eigenvalue weighted by atomic mass is 16.2. The zero-order chi connectivity index (χ0) is 13.8. The van der Waals surface area contributed by atoms with Crippen molar-refractivity contribution >= 4 is 11.6 Å². The number of nitrogens with one attached hydrogen (secondary N) is 2. The summed E-state index contributed by atoms with van der Waals surface area (Å²) in [6.07, 6.45) is 6.61. The van der Waals surface area contributed by atoms with Crippen LogP contribution in [0, 0.1) is 5.92 Å². The second-order valence-corrected chi connectivity index (χ2v) is 5.35. The van der Waals surface area contributed by atoms with E-state index in [1.54, 1.807) is 0 Å². The van der Waals surface area contributed by atoms with Crippen molar-refractivity contribution in [2.24, 2.45) is 5.92 Å². The predicted octanol–water partition coefficient (Wildman–Crippen LogP) is 2.25. The molecule has 19 heavy (non-hydrogen) atoms. The molecule has 5 heteroatoms. The highest BCUT2D eigenvalue weighted by Gasteiger charge is 2.27. The normalized spacial score (nSPS) is 23.3. The molecule has 0 spiro atoms. The van der Waals surface area contributed by atoms with Crippen LogP contribution >= 0.6 is 0 Å². The fourth-order valence-corrected chi connectivity index (χ4v) is 2.95. The molecular weight excluding hydrogens is 240 g/mol. The van der Waals surface area contributed by atoms with E-state index in [4.69, 9.17) is 5.73 Å². The van der Waals surface area contributed by atoms with Crippen molar-refractivity contribution in [1.82, 2.24) is 15.5 Å². The molecule has 2 atom stereocenters. The minimum absolute atomic E-state index is 0.140. The summed E-state index contributed by atoms with van der Waals surface area (Å²) in [7, 11) is 0.